The summed E-state index contributed by atoms with van der Waals surface area (Å²) < 4.78 is 2.33. The monoisotopic (exact) mass is 855 g/mol. The van der Waals surface area contributed by atoms with E-state index in [9.17, 15) is 10.5 Å². The fourth-order valence-electron chi connectivity index (χ4n) is 9.25. The van der Waals surface area contributed by atoms with Crippen LogP contribution in [-0.4, -0.2) is 14.5 Å². The van der Waals surface area contributed by atoms with Gasteiger partial charge >= 0.3 is 0 Å². The van der Waals surface area contributed by atoms with Crippen molar-refractivity contribution in [3.8, 4) is 96.2 Å². The van der Waals surface area contributed by atoms with Crippen LogP contribution in [0.3, 0.4) is 0 Å². The Morgan fingerprint density at radius 1 is 0.358 bits per heavy atom. The summed E-state index contributed by atoms with van der Waals surface area (Å²) in [5.41, 5.74) is 18.1. The molecule has 0 radical (unpaired) electrons. The molecule has 0 fully saturated rings. The molecule has 0 atom stereocenters. The van der Waals surface area contributed by atoms with E-state index in [4.69, 9.17) is 9.97 Å². The van der Waals surface area contributed by atoms with Gasteiger partial charge in [0.1, 0.15) is 0 Å². The average Bonchev–Trinajstić information content (AvgIpc) is 3.71. The number of aromatic nitrogens is 3. The SMILES string of the molecule is Cc1ccc(-c2ccc3c(c2)c2cc(-c4ccc(C)cc4)ccc2n3-c2c(-c3ccccc3C#N)cc(-c3nc(-c4ccccc4)cc(-c4ccccc4)n3)cc2-c2ccccc2C#N)cc1. The molecule has 0 saturated heterocycles. The molecule has 0 bridgehead atoms. The summed E-state index contributed by atoms with van der Waals surface area (Å²) in [4.78, 5) is 10.6. The molecule has 0 amide bonds. The van der Waals surface area contributed by atoms with E-state index < -0.39 is 0 Å². The quantitative estimate of drug-likeness (QED) is 0.152. The highest BCUT2D eigenvalue weighted by Gasteiger charge is 2.25. The first kappa shape index (κ1) is 40.6. The second-order valence-corrected chi connectivity index (χ2v) is 17.0. The number of hydrogen-bond acceptors (Lipinski definition) is 4. The van der Waals surface area contributed by atoms with Crippen LogP contribution < -0.4 is 0 Å². The minimum atomic E-state index is 0.519. The summed E-state index contributed by atoms with van der Waals surface area (Å²) in [7, 11) is 0. The number of hydrogen-bond donors (Lipinski definition) is 0. The fourth-order valence-corrected chi connectivity index (χ4v) is 9.25. The molecular weight excluding hydrogens is 815 g/mol. The van der Waals surface area contributed by atoms with Gasteiger partial charge in [0.05, 0.1) is 51.4 Å². The van der Waals surface area contributed by atoms with E-state index in [2.05, 4.69) is 152 Å². The number of nitriles is 2. The maximum Gasteiger partial charge on any atom is 0.160 e. The molecule has 314 valence electrons. The molecule has 0 unspecified atom stereocenters. The van der Waals surface area contributed by atoms with Crippen molar-refractivity contribution in [2.75, 3.05) is 0 Å². The maximum atomic E-state index is 10.8. The van der Waals surface area contributed by atoms with Crippen molar-refractivity contribution in [1.29, 1.82) is 10.5 Å². The first-order valence-electron chi connectivity index (χ1n) is 22.3. The largest absolute Gasteiger partial charge is 0.308 e. The van der Waals surface area contributed by atoms with Gasteiger partial charge in [0, 0.05) is 49.7 Å². The second-order valence-electron chi connectivity index (χ2n) is 17.0. The van der Waals surface area contributed by atoms with Crippen LogP contribution in [-0.2, 0) is 0 Å². The van der Waals surface area contributed by atoms with Crippen molar-refractivity contribution in [3.05, 3.63) is 235 Å². The molecule has 5 nitrogen and oxygen atoms in total. The van der Waals surface area contributed by atoms with E-state index in [1.54, 1.807) is 0 Å². The lowest BCUT2D eigenvalue weighted by molar-refractivity contribution is 1.16. The normalized spacial score (nSPS) is 11.1. The molecule has 2 heterocycles. The lowest BCUT2D eigenvalue weighted by atomic mass is 9.89. The van der Waals surface area contributed by atoms with E-state index in [0.717, 1.165) is 100 Å². The van der Waals surface area contributed by atoms with Crippen molar-refractivity contribution in [2.24, 2.45) is 0 Å². The third-order valence-corrected chi connectivity index (χ3v) is 12.7. The van der Waals surface area contributed by atoms with Gasteiger partial charge in [-0.05, 0) is 90.7 Å². The predicted octanol–water partition coefficient (Wildman–Crippen LogP) is 15.6. The lowest BCUT2D eigenvalue weighted by Crippen LogP contribution is -2.04. The molecule has 2 aromatic heterocycles. The summed E-state index contributed by atoms with van der Waals surface area (Å²) >= 11 is 0. The Balaban J connectivity index is 1.28. The van der Waals surface area contributed by atoms with Gasteiger partial charge in [-0.3, -0.25) is 0 Å². The van der Waals surface area contributed by atoms with E-state index in [1.807, 2.05) is 91.0 Å². The third kappa shape index (κ3) is 7.51. The van der Waals surface area contributed by atoms with Crippen LogP contribution in [0.1, 0.15) is 22.3 Å². The Bertz CT molecular complexity index is 3520. The highest BCUT2D eigenvalue weighted by molar-refractivity contribution is 6.13. The van der Waals surface area contributed by atoms with E-state index in [-0.39, 0.29) is 0 Å². The summed E-state index contributed by atoms with van der Waals surface area (Å²) in [6, 6.07) is 77.8. The summed E-state index contributed by atoms with van der Waals surface area (Å²) in [5.74, 6) is 0.519. The molecule has 0 saturated carbocycles. The molecule has 67 heavy (non-hydrogen) atoms. The molecular formula is C62H41N5. The Morgan fingerprint density at radius 2 is 0.761 bits per heavy atom. The van der Waals surface area contributed by atoms with Gasteiger partial charge in [-0.2, -0.15) is 10.5 Å². The first-order valence-corrected chi connectivity index (χ1v) is 22.3. The second kappa shape index (κ2) is 17.1. The van der Waals surface area contributed by atoms with Crippen LogP contribution in [0, 0.1) is 36.5 Å². The van der Waals surface area contributed by atoms with Gasteiger partial charge in [0.15, 0.2) is 5.82 Å². The van der Waals surface area contributed by atoms with Crippen molar-refractivity contribution in [3.63, 3.8) is 0 Å². The van der Waals surface area contributed by atoms with Gasteiger partial charge in [-0.15, -0.1) is 0 Å². The topological polar surface area (TPSA) is 78.3 Å². The van der Waals surface area contributed by atoms with Crippen LogP contribution in [0.25, 0.3) is 106 Å². The minimum Gasteiger partial charge on any atom is -0.308 e. The van der Waals surface area contributed by atoms with Gasteiger partial charge < -0.3 is 4.57 Å². The molecule has 0 aliphatic carbocycles. The van der Waals surface area contributed by atoms with Crippen LogP contribution >= 0.6 is 0 Å². The van der Waals surface area contributed by atoms with Crippen molar-refractivity contribution >= 4 is 21.8 Å². The highest BCUT2D eigenvalue weighted by atomic mass is 15.0. The summed E-state index contributed by atoms with van der Waals surface area (Å²) in [5, 5.41) is 23.8. The fraction of sp³-hybridized carbons (Fsp3) is 0.0323. The van der Waals surface area contributed by atoms with Gasteiger partial charge in [0.25, 0.3) is 0 Å². The Morgan fingerprint density at radius 3 is 1.19 bits per heavy atom. The van der Waals surface area contributed by atoms with Crippen LogP contribution in [0.4, 0.5) is 0 Å². The van der Waals surface area contributed by atoms with Crippen LogP contribution in [0.15, 0.2) is 212 Å². The number of rotatable bonds is 8. The number of fused-ring (bicyclic) bond motifs is 3. The summed E-state index contributed by atoms with van der Waals surface area (Å²) in [6.07, 6.45) is 0. The standard InChI is InChI=1S/C62H41N5/c1-40-21-25-42(26-22-40)46-29-31-59-53(33-46)54-34-47(43-27-23-41(2)24-28-43)30-32-60(54)67(59)61-55(51-19-11-9-17-48(51)38-63)35-50(36-56(61)52-20-12-10-18-49(52)39-64)62-65-57(44-13-5-3-6-14-44)37-58(66-62)45-15-7-4-8-16-45/h3-37H,1-2H3. The van der Waals surface area contributed by atoms with Gasteiger partial charge in [-0.1, -0.05) is 169 Å². The van der Waals surface area contributed by atoms with Crippen molar-refractivity contribution in [2.45, 2.75) is 13.8 Å². The maximum absolute atomic E-state index is 10.8. The Labute approximate surface area is 389 Å². The zero-order chi connectivity index (χ0) is 45.4. The van der Waals surface area contributed by atoms with Crippen LogP contribution in [0.5, 0.6) is 0 Å². The smallest absolute Gasteiger partial charge is 0.160 e. The zero-order valence-corrected chi connectivity index (χ0v) is 36.9. The lowest BCUT2D eigenvalue weighted by Gasteiger charge is -2.22. The average molecular weight is 856 g/mol. The minimum absolute atomic E-state index is 0.519. The summed E-state index contributed by atoms with van der Waals surface area (Å²) in [6.45, 7) is 4.22. The molecule has 0 N–H and O–H groups in total. The van der Waals surface area contributed by atoms with E-state index in [1.165, 1.54) is 11.1 Å². The third-order valence-electron chi connectivity index (χ3n) is 12.7. The van der Waals surface area contributed by atoms with E-state index in [0.29, 0.717) is 17.0 Å². The molecule has 11 aromatic rings. The molecule has 11 rings (SSSR count). The molecule has 0 spiro atoms. The Kier molecular flexibility index (Phi) is 10.4. The number of benzene rings is 9. The zero-order valence-electron chi connectivity index (χ0n) is 36.9. The first-order chi connectivity index (χ1) is 32.9. The number of nitrogens with zero attached hydrogens (tertiary/aromatic N) is 5. The van der Waals surface area contributed by atoms with Crippen LogP contribution in [0.2, 0.25) is 0 Å². The van der Waals surface area contributed by atoms with Gasteiger partial charge in [-0.25, -0.2) is 9.97 Å². The Hall–Kier alpha value is -9.16. The van der Waals surface area contributed by atoms with E-state index >= 15 is 0 Å². The molecule has 9 aromatic carbocycles. The van der Waals surface area contributed by atoms with Crippen molar-refractivity contribution < 1.29 is 0 Å². The van der Waals surface area contributed by atoms with Gasteiger partial charge in [0.2, 0.25) is 0 Å². The highest BCUT2D eigenvalue weighted by Crippen LogP contribution is 2.46. The molecule has 0 aliphatic heterocycles. The molecule has 5 heteroatoms. The molecule has 0 aliphatic rings. The number of aryl methyl sites for hydroxylation is 2. The van der Waals surface area contributed by atoms with Crippen molar-refractivity contribution in [1.82, 2.24) is 14.5 Å². The predicted molar refractivity (Wildman–Crippen MR) is 273 cm³/mol.